The molecule has 0 saturated heterocycles. The van der Waals surface area contributed by atoms with Crippen LogP contribution in [0.4, 0.5) is 5.95 Å². The number of ether oxygens (including phenoxy) is 3. The molecule has 0 amide bonds. The maximum Gasteiger partial charge on any atom is 0.226 e. The van der Waals surface area contributed by atoms with E-state index in [0.29, 0.717) is 5.95 Å². The number of fused-ring (bicyclic) bond motifs is 1. The van der Waals surface area contributed by atoms with Gasteiger partial charge in [0.05, 0.1) is 21.3 Å². The molecule has 1 aliphatic heterocycles. The van der Waals surface area contributed by atoms with Crippen LogP contribution in [0.1, 0.15) is 17.2 Å². The molecule has 1 N–H and O–H groups in total. The van der Waals surface area contributed by atoms with Gasteiger partial charge in [0, 0.05) is 16.8 Å². The van der Waals surface area contributed by atoms with Gasteiger partial charge in [-0.3, -0.25) is 0 Å². The van der Waals surface area contributed by atoms with Crippen molar-refractivity contribution >= 4 is 11.6 Å². The molecule has 138 valence electrons. The molecule has 0 fully saturated rings. The molecular weight excluding hydrogens is 344 g/mol. The number of anilines is 1. The van der Waals surface area contributed by atoms with Gasteiger partial charge in [-0.25, -0.2) is 4.68 Å². The second kappa shape index (κ2) is 7.03. The van der Waals surface area contributed by atoms with Crippen molar-refractivity contribution in [3.8, 4) is 17.2 Å². The predicted octanol–water partition coefficient (Wildman–Crippen LogP) is 3.36. The summed E-state index contributed by atoms with van der Waals surface area (Å²) in [6.45, 7) is 0. The average Bonchev–Trinajstić information content (AvgIpc) is 3.21. The van der Waals surface area contributed by atoms with E-state index in [9.17, 15) is 0 Å². The molecule has 7 heteroatoms. The molecule has 0 aliphatic carbocycles. The van der Waals surface area contributed by atoms with E-state index in [1.54, 1.807) is 21.3 Å². The summed E-state index contributed by atoms with van der Waals surface area (Å²) in [4.78, 5) is 4.35. The van der Waals surface area contributed by atoms with E-state index in [1.165, 1.54) is 6.33 Å². The van der Waals surface area contributed by atoms with Crippen LogP contribution >= 0.6 is 0 Å². The van der Waals surface area contributed by atoms with Gasteiger partial charge < -0.3 is 19.5 Å². The van der Waals surface area contributed by atoms with E-state index in [2.05, 4.69) is 21.5 Å². The number of allylic oxidation sites excluding steroid dienone is 1. The highest BCUT2D eigenvalue weighted by atomic mass is 16.5. The normalized spacial score (nSPS) is 15.4. The molecular formula is C20H20N4O3. The third-order valence-corrected chi connectivity index (χ3v) is 4.54. The van der Waals surface area contributed by atoms with Crippen LogP contribution in [0.3, 0.4) is 0 Å². The number of rotatable bonds is 5. The Morgan fingerprint density at radius 1 is 0.963 bits per heavy atom. The number of nitrogens with one attached hydrogen (secondary N) is 1. The number of nitrogens with zero attached hydrogens (tertiary/aromatic N) is 3. The second-order valence-corrected chi connectivity index (χ2v) is 6.02. The molecule has 7 nitrogen and oxygen atoms in total. The number of methoxy groups -OCH3 is 3. The van der Waals surface area contributed by atoms with Crippen molar-refractivity contribution in [3.63, 3.8) is 0 Å². The highest BCUT2D eigenvalue weighted by Crippen LogP contribution is 2.38. The third kappa shape index (κ3) is 3.08. The van der Waals surface area contributed by atoms with Gasteiger partial charge in [-0.15, -0.1) is 0 Å². The van der Waals surface area contributed by atoms with Crippen LogP contribution in [0.25, 0.3) is 5.70 Å². The number of benzene rings is 2. The summed E-state index contributed by atoms with van der Waals surface area (Å²) in [7, 11) is 4.95. The summed E-state index contributed by atoms with van der Waals surface area (Å²) in [5.74, 6) is 2.95. The molecule has 0 spiro atoms. The minimum absolute atomic E-state index is 0.199. The Balaban J connectivity index is 1.85. The minimum Gasteiger partial charge on any atom is -0.497 e. The molecule has 2 aromatic carbocycles. The Morgan fingerprint density at radius 2 is 1.78 bits per heavy atom. The highest BCUT2D eigenvalue weighted by molar-refractivity contribution is 5.78. The summed E-state index contributed by atoms with van der Waals surface area (Å²) in [6, 6.07) is 13.4. The van der Waals surface area contributed by atoms with Gasteiger partial charge in [-0.2, -0.15) is 10.1 Å². The predicted molar refractivity (Wildman–Crippen MR) is 102 cm³/mol. The maximum atomic E-state index is 5.58. The van der Waals surface area contributed by atoms with Crippen molar-refractivity contribution in [1.29, 1.82) is 0 Å². The van der Waals surface area contributed by atoms with Crippen molar-refractivity contribution in [3.05, 3.63) is 66.0 Å². The van der Waals surface area contributed by atoms with E-state index < -0.39 is 0 Å². The van der Waals surface area contributed by atoms with Crippen LogP contribution in [-0.4, -0.2) is 36.1 Å². The lowest BCUT2D eigenvalue weighted by Gasteiger charge is -2.26. The summed E-state index contributed by atoms with van der Waals surface area (Å²) >= 11 is 0. The quantitative estimate of drug-likeness (QED) is 0.749. The standard InChI is InChI=1S/C20H20N4O3/c1-25-14-6-4-5-13(9-14)17-11-18(24-20(23-17)21-12-22-24)16-10-15(26-2)7-8-19(16)27-3/h4-12,18H,1-3H3,(H,21,22,23). The van der Waals surface area contributed by atoms with Crippen molar-refractivity contribution < 1.29 is 14.2 Å². The van der Waals surface area contributed by atoms with Crippen LogP contribution in [-0.2, 0) is 0 Å². The molecule has 2 heterocycles. The van der Waals surface area contributed by atoms with Crippen LogP contribution < -0.4 is 19.5 Å². The monoisotopic (exact) mass is 364 g/mol. The molecule has 3 aromatic rings. The number of hydrogen-bond acceptors (Lipinski definition) is 6. The average molecular weight is 364 g/mol. The first-order chi connectivity index (χ1) is 13.2. The van der Waals surface area contributed by atoms with E-state index >= 15 is 0 Å². The maximum absolute atomic E-state index is 5.58. The molecule has 4 rings (SSSR count). The molecule has 1 atom stereocenters. The van der Waals surface area contributed by atoms with E-state index in [1.807, 2.05) is 47.1 Å². The Labute approximate surface area is 157 Å². The SMILES string of the molecule is COc1cccc(C2=CC(c3cc(OC)ccc3OC)n3ncnc3N2)c1. The van der Waals surface area contributed by atoms with Gasteiger partial charge in [0.1, 0.15) is 29.6 Å². The van der Waals surface area contributed by atoms with Gasteiger partial charge in [0.15, 0.2) is 0 Å². The molecule has 0 bridgehead atoms. The number of aromatic nitrogens is 3. The van der Waals surface area contributed by atoms with Gasteiger partial charge in [0.25, 0.3) is 0 Å². The lowest BCUT2D eigenvalue weighted by Crippen LogP contribution is -2.20. The first-order valence-corrected chi connectivity index (χ1v) is 8.48. The lowest BCUT2D eigenvalue weighted by atomic mass is 10.0. The van der Waals surface area contributed by atoms with Crippen LogP contribution in [0.5, 0.6) is 17.2 Å². The fraction of sp³-hybridized carbons (Fsp3) is 0.200. The third-order valence-electron chi connectivity index (χ3n) is 4.54. The van der Waals surface area contributed by atoms with Gasteiger partial charge in [-0.1, -0.05) is 12.1 Å². The molecule has 27 heavy (non-hydrogen) atoms. The summed E-state index contributed by atoms with van der Waals surface area (Å²) < 4.78 is 18.2. The topological polar surface area (TPSA) is 70.4 Å². The second-order valence-electron chi connectivity index (χ2n) is 6.02. The zero-order chi connectivity index (χ0) is 18.8. The molecule has 1 unspecified atom stereocenters. The summed E-state index contributed by atoms with van der Waals surface area (Å²) in [5.41, 5.74) is 2.85. The lowest BCUT2D eigenvalue weighted by molar-refractivity contribution is 0.394. The van der Waals surface area contributed by atoms with Gasteiger partial charge >= 0.3 is 0 Å². The largest absolute Gasteiger partial charge is 0.497 e. The molecule has 0 radical (unpaired) electrons. The van der Waals surface area contributed by atoms with Crippen molar-refractivity contribution in [1.82, 2.24) is 14.8 Å². The number of hydrogen-bond donors (Lipinski definition) is 1. The van der Waals surface area contributed by atoms with E-state index in [0.717, 1.165) is 34.1 Å². The van der Waals surface area contributed by atoms with Crippen LogP contribution in [0.2, 0.25) is 0 Å². The fourth-order valence-electron chi connectivity index (χ4n) is 3.18. The first kappa shape index (κ1) is 17.0. The van der Waals surface area contributed by atoms with Crippen molar-refractivity contribution in [2.45, 2.75) is 6.04 Å². The van der Waals surface area contributed by atoms with E-state index in [4.69, 9.17) is 14.2 Å². The molecule has 0 saturated carbocycles. The smallest absolute Gasteiger partial charge is 0.226 e. The summed E-state index contributed by atoms with van der Waals surface area (Å²) in [6.07, 6.45) is 3.62. The zero-order valence-corrected chi connectivity index (χ0v) is 15.3. The Morgan fingerprint density at radius 3 is 2.56 bits per heavy atom. The molecule has 1 aromatic heterocycles. The highest BCUT2D eigenvalue weighted by Gasteiger charge is 2.26. The Kier molecular flexibility index (Phi) is 4.42. The fourth-order valence-corrected chi connectivity index (χ4v) is 3.18. The van der Waals surface area contributed by atoms with Gasteiger partial charge in [0.2, 0.25) is 5.95 Å². The van der Waals surface area contributed by atoms with Crippen molar-refractivity contribution in [2.75, 3.05) is 26.6 Å². The van der Waals surface area contributed by atoms with Crippen molar-refractivity contribution in [2.24, 2.45) is 0 Å². The van der Waals surface area contributed by atoms with Crippen LogP contribution in [0.15, 0.2) is 54.9 Å². The Hall–Kier alpha value is -3.48. The van der Waals surface area contributed by atoms with Gasteiger partial charge in [-0.05, 0) is 36.4 Å². The van der Waals surface area contributed by atoms with E-state index in [-0.39, 0.29) is 6.04 Å². The Bertz CT molecular complexity index is 996. The zero-order valence-electron chi connectivity index (χ0n) is 15.3. The summed E-state index contributed by atoms with van der Waals surface area (Å²) in [5, 5.41) is 7.72. The first-order valence-electron chi connectivity index (χ1n) is 8.48. The molecule has 1 aliphatic rings. The van der Waals surface area contributed by atoms with Crippen LogP contribution in [0, 0.1) is 0 Å². The minimum atomic E-state index is -0.199.